The Labute approximate surface area is 377 Å². The third-order valence-electron chi connectivity index (χ3n) is 11.9. The first-order valence-electron chi connectivity index (χ1n) is 22.1. The fraction of sp³-hybridized carbons (Fsp3) is 0.0820. The number of aliphatic imine (C=N–C) groups is 2. The van der Waals surface area contributed by atoms with E-state index in [4.69, 9.17) is 9.98 Å². The standard InChI is InChI=1S/C61H51N3/c1-5-6-9-27-51-42-64(52-29-20-28-50(41-52)45(4)63-61(49-25-12-8-13-26-49)62-44(3)46-23-10-7-11-24-46)59-36-21-35-58(60(51)59)57-34-19-17-32-55(57)48-39-37-47(38-40-48)54-31-16-18-33-56(54)53-30-15-14-22-43(53)2/h5-7,9-12,14-42H,4,8,13H2,1-3H3/b6-5-,27-9-,62-44?,63-61?. The summed E-state index contributed by atoms with van der Waals surface area (Å²) in [5.41, 5.74) is 18.8. The van der Waals surface area contributed by atoms with Gasteiger partial charge in [0.05, 0.1) is 11.2 Å². The highest BCUT2D eigenvalue weighted by molar-refractivity contribution is 6.13. The summed E-state index contributed by atoms with van der Waals surface area (Å²) in [6.45, 7) is 10.8. The average molecular weight is 826 g/mol. The minimum absolute atomic E-state index is 0.658. The van der Waals surface area contributed by atoms with E-state index in [1.807, 2.05) is 32.0 Å². The quantitative estimate of drug-likeness (QED) is 0.0706. The van der Waals surface area contributed by atoms with Crippen molar-refractivity contribution in [1.29, 1.82) is 0 Å². The van der Waals surface area contributed by atoms with Crippen molar-refractivity contribution in [3.63, 3.8) is 0 Å². The summed E-state index contributed by atoms with van der Waals surface area (Å²) in [7, 11) is 0. The molecule has 310 valence electrons. The zero-order chi connectivity index (χ0) is 43.8. The summed E-state index contributed by atoms with van der Waals surface area (Å²) in [5.74, 6) is 0.667. The van der Waals surface area contributed by atoms with Crippen LogP contribution in [0.1, 0.15) is 48.9 Å². The van der Waals surface area contributed by atoms with Crippen LogP contribution >= 0.6 is 0 Å². The Morgan fingerprint density at radius 1 is 0.594 bits per heavy atom. The van der Waals surface area contributed by atoms with Crippen molar-refractivity contribution in [2.45, 2.75) is 33.6 Å². The Morgan fingerprint density at radius 3 is 1.88 bits per heavy atom. The lowest BCUT2D eigenvalue weighted by Crippen LogP contribution is -2.06. The van der Waals surface area contributed by atoms with Gasteiger partial charge in [0.15, 0.2) is 5.84 Å². The lowest BCUT2D eigenvalue weighted by Gasteiger charge is -2.15. The van der Waals surface area contributed by atoms with Gasteiger partial charge in [0.25, 0.3) is 0 Å². The van der Waals surface area contributed by atoms with Gasteiger partial charge in [-0.1, -0.05) is 201 Å². The van der Waals surface area contributed by atoms with E-state index in [1.165, 1.54) is 55.5 Å². The molecule has 0 aliphatic heterocycles. The van der Waals surface area contributed by atoms with Gasteiger partial charge in [0.2, 0.25) is 0 Å². The molecule has 1 heterocycles. The van der Waals surface area contributed by atoms with Gasteiger partial charge in [-0.3, -0.25) is 0 Å². The Hall–Kier alpha value is -7.88. The van der Waals surface area contributed by atoms with Gasteiger partial charge >= 0.3 is 0 Å². The predicted octanol–water partition coefficient (Wildman–Crippen LogP) is 16.4. The molecule has 0 saturated carbocycles. The second kappa shape index (κ2) is 19.0. The molecular weight excluding hydrogens is 775 g/mol. The number of hydrogen-bond donors (Lipinski definition) is 0. The molecule has 7 aromatic carbocycles. The summed E-state index contributed by atoms with van der Waals surface area (Å²) in [5, 5.41) is 1.19. The molecule has 0 N–H and O–H groups in total. The normalized spacial score (nSPS) is 13.3. The van der Waals surface area contributed by atoms with Crippen molar-refractivity contribution in [2.75, 3.05) is 0 Å². The zero-order valence-electron chi connectivity index (χ0n) is 36.7. The number of aryl methyl sites for hydroxylation is 1. The van der Waals surface area contributed by atoms with Crippen LogP contribution in [0.4, 0.5) is 0 Å². The number of amidine groups is 1. The number of nitrogens with zero attached hydrogens (tertiary/aromatic N) is 3. The van der Waals surface area contributed by atoms with Crippen LogP contribution in [0.5, 0.6) is 0 Å². The second-order valence-corrected chi connectivity index (χ2v) is 16.2. The van der Waals surface area contributed by atoms with Crippen LogP contribution in [0.3, 0.4) is 0 Å². The van der Waals surface area contributed by atoms with Crippen LogP contribution in [-0.2, 0) is 0 Å². The monoisotopic (exact) mass is 825 g/mol. The summed E-state index contributed by atoms with van der Waals surface area (Å²) in [6.07, 6.45) is 19.2. The van der Waals surface area contributed by atoms with E-state index in [-0.39, 0.29) is 0 Å². The maximum atomic E-state index is 5.11. The fourth-order valence-corrected chi connectivity index (χ4v) is 8.66. The molecule has 0 radical (unpaired) electrons. The number of allylic oxidation sites excluding steroid dienone is 5. The number of fused-ring (bicyclic) bond motifs is 1. The van der Waals surface area contributed by atoms with Crippen LogP contribution in [0, 0.1) is 6.92 Å². The highest BCUT2D eigenvalue weighted by atomic mass is 15.0. The Kier molecular flexibility index (Phi) is 12.3. The first-order valence-corrected chi connectivity index (χ1v) is 22.1. The van der Waals surface area contributed by atoms with Gasteiger partial charge in [-0.25, -0.2) is 9.98 Å². The van der Waals surface area contributed by atoms with Crippen LogP contribution in [-0.4, -0.2) is 16.1 Å². The minimum atomic E-state index is 0.658. The summed E-state index contributed by atoms with van der Waals surface area (Å²) >= 11 is 0. The zero-order valence-corrected chi connectivity index (χ0v) is 36.7. The van der Waals surface area contributed by atoms with Crippen LogP contribution in [0.25, 0.3) is 72.9 Å². The molecule has 1 aromatic heterocycles. The van der Waals surface area contributed by atoms with E-state index in [0.717, 1.165) is 52.0 Å². The molecule has 3 nitrogen and oxygen atoms in total. The average Bonchev–Trinajstić information content (AvgIpc) is 3.73. The van der Waals surface area contributed by atoms with Gasteiger partial charge in [0, 0.05) is 39.7 Å². The van der Waals surface area contributed by atoms with E-state index in [9.17, 15) is 0 Å². The van der Waals surface area contributed by atoms with Crippen LogP contribution < -0.4 is 0 Å². The molecule has 1 aliphatic carbocycles. The van der Waals surface area contributed by atoms with E-state index in [2.05, 4.69) is 218 Å². The molecule has 0 saturated heterocycles. The number of hydrogen-bond acceptors (Lipinski definition) is 1. The van der Waals surface area contributed by atoms with Crippen molar-refractivity contribution in [3.8, 4) is 50.2 Å². The smallest absolute Gasteiger partial charge is 0.159 e. The molecule has 0 atom stereocenters. The number of aromatic nitrogens is 1. The van der Waals surface area contributed by atoms with E-state index < -0.39 is 0 Å². The Bertz CT molecular complexity index is 3180. The molecule has 0 amide bonds. The van der Waals surface area contributed by atoms with Crippen molar-refractivity contribution >= 4 is 34.2 Å². The lowest BCUT2D eigenvalue weighted by atomic mass is 9.89. The summed E-state index contributed by atoms with van der Waals surface area (Å²) in [4.78, 5) is 10.2. The molecule has 0 bridgehead atoms. The SMILES string of the molecule is C=C(N=C(N=C(C)c1ccccc1)C1=CCCC=C1)c1cccc(-n2cc(/C=C\C=C/C)c3c(-c4ccccc4-c4ccc(-c5ccccc5-c5ccccc5C)cc4)cccc32)c1. The highest BCUT2D eigenvalue weighted by Gasteiger charge is 2.18. The molecule has 1 aliphatic rings. The van der Waals surface area contributed by atoms with E-state index >= 15 is 0 Å². The molecule has 0 fully saturated rings. The van der Waals surface area contributed by atoms with Crippen molar-refractivity contribution in [1.82, 2.24) is 4.57 Å². The maximum absolute atomic E-state index is 5.11. The summed E-state index contributed by atoms with van der Waals surface area (Å²) < 4.78 is 2.29. The van der Waals surface area contributed by atoms with Crippen LogP contribution in [0.15, 0.2) is 235 Å². The number of rotatable bonds is 11. The van der Waals surface area contributed by atoms with Gasteiger partial charge in [-0.15, -0.1) is 0 Å². The van der Waals surface area contributed by atoms with Crippen LogP contribution in [0.2, 0.25) is 0 Å². The minimum Gasteiger partial charge on any atom is -0.316 e. The third kappa shape index (κ3) is 8.75. The Balaban J connectivity index is 1.10. The topological polar surface area (TPSA) is 29.6 Å². The van der Waals surface area contributed by atoms with E-state index in [1.54, 1.807) is 0 Å². The first-order chi connectivity index (χ1) is 31.5. The molecule has 3 heteroatoms. The first kappa shape index (κ1) is 41.5. The van der Waals surface area contributed by atoms with Gasteiger partial charge < -0.3 is 4.57 Å². The van der Waals surface area contributed by atoms with Crippen molar-refractivity contribution in [2.24, 2.45) is 9.98 Å². The lowest BCUT2D eigenvalue weighted by molar-refractivity contribution is 1.03. The van der Waals surface area contributed by atoms with Gasteiger partial charge in [-0.05, 0) is 107 Å². The van der Waals surface area contributed by atoms with Crippen molar-refractivity contribution in [3.05, 3.63) is 247 Å². The van der Waals surface area contributed by atoms with Gasteiger partial charge in [-0.2, -0.15) is 0 Å². The highest BCUT2D eigenvalue weighted by Crippen LogP contribution is 2.41. The van der Waals surface area contributed by atoms with Crippen molar-refractivity contribution < 1.29 is 0 Å². The summed E-state index contributed by atoms with van der Waals surface area (Å²) in [6, 6.07) is 60.6. The molecule has 8 aromatic rings. The maximum Gasteiger partial charge on any atom is 0.159 e. The fourth-order valence-electron chi connectivity index (χ4n) is 8.66. The molecule has 0 unspecified atom stereocenters. The second-order valence-electron chi connectivity index (χ2n) is 16.2. The molecule has 0 spiro atoms. The molecule has 64 heavy (non-hydrogen) atoms. The predicted molar refractivity (Wildman–Crippen MR) is 275 cm³/mol. The van der Waals surface area contributed by atoms with Gasteiger partial charge in [0.1, 0.15) is 0 Å². The molecule has 9 rings (SSSR count). The largest absolute Gasteiger partial charge is 0.316 e. The molecular formula is C61H51N3. The van der Waals surface area contributed by atoms with E-state index in [0.29, 0.717) is 11.5 Å². The third-order valence-corrected chi connectivity index (χ3v) is 11.9. The Morgan fingerprint density at radius 2 is 1.20 bits per heavy atom. The number of benzene rings is 7.